The zero-order valence-electron chi connectivity index (χ0n) is 22.5. The lowest BCUT2D eigenvalue weighted by Crippen LogP contribution is -2.54. The Bertz CT molecular complexity index is 543. The fourth-order valence-corrected chi connectivity index (χ4v) is 5.04. The van der Waals surface area contributed by atoms with Crippen molar-refractivity contribution < 1.29 is 9.28 Å². The van der Waals surface area contributed by atoms with Crippen LogP contribution in [0.3, 0.4) is 0 Å². The Hall–Kier alpha value is -1.16. The summed E-state index contributed by atoms with van der Waals surface area (Å²) in [6, 6.07) is 0. The van der Waals surface area contributed by atoms with Crippen LogP contribution in [0.5, 0.6) is 0 Å². The zero-order valence-corrected chi connectivity index (χ0v) is 22.5. The molecule has 1 atom stereocenters. The molecule has 1 amide bonds. The number of rotatable bonds is 22. The van der Waals surface area contributed by atoms with Gasteiger partial charge in [0.05, 0.1) is 19.6 Å². The van der Waals surface area contributed by atoms with Gasteiger partial charge in [-0.05, 0) is 39.0 Å². The molecule has 4 heteroatoms. The minimum atomic E-state index is 0.0708. The lowest BCUT2D eigenvalue weighted by molar-refractivity contribution is -0.833. The summed E-state index contributed by atoms with van der Waals surface area (Å²) in [5.41, 5.74) is 0. The number of nitrogens with zero attached hydrogens (tertiary/aromatic N) is 2. The van der Waals surface area contributed by atoms with Crippen LogP contribution in [0.15, 0.2) is 17.1 Å². The summed E-state index contributed by atoms with van der Waals surface area (Å²) in [5, 5.41) is 2.97. The number of quaternary nitrogens is 1. The molecular formula is C29H56N3O+. The number of amidine groups is 1. The fraction of sp³-hybridized carbons (Fsp3) is 0.862. The number of amides is 1. The molecule has 1 unspecified atom stereocenters. The van der Waals surface area contributed by atoms with Gasteiger partial charge in [-0.25, -0.2) is 4.99 Å². The van der Waals surface area contributed by atoms with Crippen LogP contribution in [-0.4, -0.2) is 48.9 Å². The van der Waals surface area contributed by atoms with E-state index in [1.165, 1.54) is 109 Å². The average Bonchev–Trinajstić information content (AvgIpc) is 3.21. The molecule has 0 fully saturated rings. The predicted octanol–water partition coefficient (Wildman–Crippen LogP) is 7.58. The van der Waals surface area contributed by atoms with Gasteiger partial charge in [0.1, 0.15) is 13.1 Å². The van der Waals surface area contributed by atoms with Crippen LogP contribution in [0.1, 0.15) is 130 Å². The highest BCUT2D eigenvalue weighted by atomic mass is 16.1. The highest BCUT2D eigenvalue weighted by molar-refractivity contribution is 5.77. The summed E-state index contributed by atoms with van der Waals surface area (Å²) in [6.45, 7) is 11.1. The molecule has 1 aliphatic rings. The molecule has 0 radical (unpaired) electrons. The van der Waals surface area contributed by atoms with Crippen LogP contribution in [-0.2, 0) is 4.79 Å². The van der Waals surface area contributed by atoms with Crippen LogP contribution in [0.4, 0.5) is 0 Å². The second-order valence-corrected chi connectivity index (χ2v) is 10.1. The quantitative estimate of drug-likeness (QED) is 0.101. The second kappa shape index (κ2) is 20.2. The van der Waals surface area contributed by atoms with Gasteiger partial charge in [0.15, 0.2) is 5.84 Å². The molecule has 1 heterocycles. The van der Waals surface area contributed by atoms with Gasteiger partial charge in [0.25, 0.3) is 0 Å². The molecule has 0 spiro atoms. The lowest BCUT2D eigenvalue weighted by atomic mass is 10.1. The van der Waals surface area contributed by atoms with Gasteiger partial charge in [0.2, 0.25) is 5.91 Å². The molecule has 0 bridgehead atoms. The number of hydrogen-bond donors (Lipinski definition) is 1. The fourth-order valence-electron chi connectivity index (χ4n) is 5.04. The minimum Gasteiger partial charge on any atom is -0.351 e. The third kappa shape index (κ3) is 14.7. The molecule has 33 heavy (non-hydrogen) atoms. The van der Waals surface area contributed by atoms with Gasteiger partial charge in [-0.3, -0.25) is 9.28 Å². The van der Waals surface area contributed by atoms with Crippen LogP contribution < -0.4 is 5.32 Å². The predicted molar refractivity (Wildman–Crippen MR) is 145 cm³/mol. The normalized spacial score (nSPS) is 18.2. The molecular weight excluding hydrogens is 406 g/mol. The zero-order chi connectivity index (χ0) is 24.0. The maximum Gasteiger partial charge on any atom is 0.217 e. The Morgan fingerprint density at radius 1 is 0.848 bits per heavy atom. The van der Waals surface area contributed by atoms with E-state index in [1.807, 2.05) is 0 Å². The average molecular weight is 463 g/mol. The van der Waals surface area contributed by atoms with Crippen molar-refractivity contribution in [3.8, 4) is 0 Å². The molecule has 0 aromatic carbocycles. The summed E-state index contributed by atoms with van der Waals surface area (Å²) in [5.74, 6) is 1.45. The summed E-state index contributed by atoms with van der Waals surface area (Å²) in [6.07, 6.45) is 27.8. The van der Waals surface area contributed by atoms with Crippen molar-refractivity contribution in [1.29, 1.82) is 0 Å². The van der Waals surface area contributed by atoms with E-state index in [2.05, 4.69) is 31.3 Å². The smallest absolute Gasteiger partial charge is 0.217 e. The maximum absolute atomic E-state index is 11.2. The molecule has 0 aromatic rings. The summed E-state index contributed by atoms with van der Waals surface area (Å²) >= 11 is 0. The largest absolute Gasteiger partial charge is 0.351 e. The van der Waals surface area contributed by atoms with E-state index in [4.69, 9.17) is 4.99 Å². The minimum absolute atomic E-state index is 0.0708. The van der Waals surface area contributed by atoms with Gasteiger partial charge in [-0.15, -0.1) is 0 Å². The number of allylic oxidation sites excluding steroid dienone is 2. The number of nitrogens with one attached hydrogen (secondary N) is 1. The van der Waals surface area contributed by atoms with Gasteiger partial charge in [-0.2, -0.15) is 0 Å². The highest BCUT2D eigenvalue weighted by Gasteiger charge is 2.35. The standard InChI is InChI=1S/C29H55N3O/c1-4-6-7-8-9-10-11-12-13-14-15-16-17-18-19-20-21-22-23-29-31-25-27-32(29,5-2)26-24-30-28(3)33/h13-14H,4-12,15-27H2,1-3H3/p+1/b14-13+. The van der Waals surface area contributed by atoms with E-state index in [9.17, 15) is 4.79 Å². The number of carbonyl (C=O) groups is 1. The van der Waals surface area contributed by atoms with Crippen molar-refractivity contribution in [2.75, 3.05) is 32.7 Å². The summed E-state index contributed by atoms with van der Waals surface area (Å²) in [7, 11) is 0. The summed E-state index contributed by atoms with van der Waals surface area (Å²) in [4.78, 5) is 16.0. The van der Waals surface area contributed by atoms with E-state index >= 15 is 0 Å². The van der Waals surface area contributed by atoms with Gasteiger partial charge in [0, 0.05) is 13.3 Å². The lowest BCUT2D eigenvalue weighted by Gasteiger charge is -2.33. The van der Waals surface area contributed by atoms with Crippen molar-refractivity contribution in [2.24, 2.45) is 4.99 Å². The first kappa shape index (κ1) is 29.9. The molecule has 1 aliphatic heterocycles. The van der Waals surface area contributed by atoms with Gasteiger partial charge < -0.3 is 5.32 Å². The van der Waals surface area contributed by atoms with Crippen LogP contribution in [0.25, 0.3) is 0 Å². The molecule has 4 nitrogen and oxygen atoms in total. The maximum atomic E-state index is 11.2. The van der Waals surface area contributed by atoms with Crippen molar-refractivity contribution >= 4 is 11.7 Å². The van der Waals surface area contributed by atoms with E-state index in [0.29, 0.717) is 0 Å². The van der Waals surface area contributed by atoms with Crippen molar-refractivity contribution in [3.63, 3.8) is 0 Å². The van der Waals surface area contributed by atoms with E-state index in [1.54, 1.807) is 6.92 Å². The molecule has 1 rings (SSSR count). The van der Waals surface area contributed by atoms with E-state index < -0.39 is 0 Å². The van der Waals surface area contributed by atoms with Crippen molar-refractivity contribution in [2.45, 2.75) is 130 Å². The topological polar surface area (TPSA) is 41.5 Å². The molecule has 0 saturated carbocycles. The van der Waals surface area contributed by atoms with Gasteiger partial charge in [-0.1, -0.05) is 89.7 Å². The van der Waals surface area contributed by atoms with E-state index in [0.717, 1.165) is 43.6 Å². The third-order valence-electron chi connectivity index (χ3n) is 7.30. The first-order valence-corrected chi connectivity index (χ1v) is 14.4. The van der Waals surface area contributed by atoms with E-state index in [-0.39, 0.29) is 5.91 Å². The van der Waals surface area contributed by atoms with Crippen LogP contribution in [0, 0.1) is 0 Å². The number of hydrogen-bond acceptors (Lipinski definition) is 2. The Morgan fingerprint density at radius 2 is 1.39 bits per heavy atom. The Labute approximate surface area is 206 Å². The highest BCUT2D eigenvalue weighted by Crippen LogP contribution is 2.20. The summed E-state index contributed by atoms with van der Waals surface area (Å²) < 4.78 is 0.993. The number of carbonyl (C=O) groups excluding carboxylic acids is 1. The Balaban J connectivity index is 1.94. The molecule has 0 aromatic heterocycles. The Morgan fingerprint density at radius 3 is 1.94 bits per heavy atom. The van der Waals surface area contributed by atoms with Gasteiger partial charge >= 0.3 is 0 Å². The number of likely N-dealkylation sites (N-methyl/N-ethyl adjacent to an activating group) is 1. The SMILES string of the molecule is CCCCCCCCC/C=C/CCCCCCCCCC1=NCC[N+]1(CC)CCNC(C)=O. The molecule has 0 saturated heterocycles. The van der Waals surface area contributed by atoms with Crippen LogP contribution in [0.2, 0.25) is 0 Å². The molecule has 1 N–H and O–H groups in total. The molecule has 192 valence electrons. The first-order chi connectivity index (χ1) is 16.1. The second-order valence-electron chi connectivity index (χ2n) is 10.1. The third-order valence-corrected chi connectivity index (χ3v) is 7.30. The Kier molecular flexibility index (Phi) is 18.3. The molecule has 0 aliphatic carbocycles. The van der Waals surface area contributed by atoms with Crippen molar-refractivity contribution in [1.82, 2.24) is 5.32 Å². The number of unbranched alkanes of at least 4 members (excludes halogenated alkanes) is 14. The first-order valence-electron chi connectivity index (χ1n) is 14.4. The number of aliphatic imine (C=N–C) groups is 1. The van der Waals surface area contributed by atoms with Crippen molar-refractivity contribution in [3.05, 3.63) is 12.2 Å². The monoisotopic (exact) mass is 462 g/mol. The van der Waals surface area contributed by atoms with Crippen LogP contribution >= 0.6 is 0 Å².